The summed E-state index contributed by atoms with van der Waals surface area (Å²) in [6.07, 6.45) is 1.05. The molecule has 0 amide bonds. The van der Waals surface area contributed by atoms with Gasteiger partial charge in [-0.3, -0.25) is 4.90 Å². The molecular weight excluding hydrogens is 383 g/mol. The van der Waals surface area contributed by atoms with E-state index in [1.54, 1.807) is 13.2 Å². The lowest BCUT2D eigenvalue weighted by Gasteiger charge is -2.33. The van der Waals surface area contributed by atoms with Crippen LogP contribution >= 0.6 is 0 Å². The van der Waals surface area contributed by atoms with Crippen LogP contribution in [-0.4, -0.2) is 41.7 Å². The van der Waals surface area contributed by atoms with Crippen molar-refractivity contribution in [1.82, 2.24) is 14.9 Å². The molecule has 156 valence electrons. The van der Waals surface area contributed by atoms with Crippen LogP contribution in [0, 0.1) is 12.7 Å². The number of rotatable bonds is 6. The number of methoxy groups -OCH3 is 1. The Balaban J connectivity index is 1.45. The molecule has 1 fully saturated rings. The van der Waals surface area contributed by atoms with Crippen molar-refractivity contribution in [2.45, 2.75) is 19.6 Å². The fourth-order valence-electron chi connectivity index (χ4n) is 3.53. The van der Waals surface area contributed by atoms with Gasteiger partial charge in [-0.1, -0.05) is 18.2 Å². The third-order valence-electron chi connectivity index (χ3n) is 5.07. The molecule has 6 nitrogen and oxygen atoms in total. The summed E-state index contributed by atoms with van der Waals surface area (Å²) in [7, 11) is 1.71. The molecule has 4 rings (SSSR count). The SMILES string of the molecule is COc1cc(C)ccc1CN1CCOC(c2cccc(Nc3ccc(F)cn3)n2)C1. The zero-order valence-electron chi connectivity index (χ0n) is 17.1. The van der Waals surface area contributed by atoms with Crippen LogP contribution in [0.15, 0.2) is 54.7 Å². The summed E-state index contributed by atoms with van der Waals surface area (Å²) in [5.74, 6) is 1.73. The molecule has 3 heterocycles. The second-order valence-electron chi connectivity index (χ2n) is 7.34. The van der Waals surface area contributed by atoms with Crippen LogP contribution in [0.3, 0.4) is 0 Å². The first-order valence-corrected chi connectivity index (χ1v) is 9.94. The van der Waals surface area contributed by atoms with Crippen molar-refractivity contribution in [2.24, 2.45) is 0 Å². The quantitative estimate of drug-likeness (QED) is 0.658. The molecule has 2 aromatic heterocycles. The first kappa shape index (κ1) is 20.3. The third kappa shape index (κ3) is 4.93. The van der Waals surface area contributed by atoms with Gasteiger partial charge >= 0.3 is 0 Å². The Morgan fingerprint density at radius 1 is 1.20 bits per heavy atom. The van der Waals surface area contributed by atoms with Crippen LogP contribution in [0.5, 0.6) is 5.75 Å². The summed E-state index contributed by atoms with van der Waals surface area (Å²) in [6.45, 7) is 5.08. The Kier molecular flexibility index (Phi) is 6.21. The Morgan fingerprint density at radius 2 is 2.10 bits per heavy atom. The summed E-state index contributed by atoms with van der Waals surface area (Å²) in [5.41, 5.74) is 3.19. The van der Waals surface area contributed by atoms with E-state index in [4.69, 9.17) is 9.47 Å². The summed E-state index contributed by atoms with van der Waals surface area (Å²) in [5, 5.41) is 3.11. The summed E-state index contributed by atoms with van der Waals surface area (Å²) in [6, 6.07) is 15.0. The van der Waals surface area contributed by atoms with Crippen molar-refractivity contribution in [3.05, 3.63) is 77.4 Å². The molecule has 1 unspecified atom stereocenters. The van der Waals surface area contributed by atoms with Crippen LogP contribution in [0.1, 0.15) is 22.9 Å². The van der Waals surface area contributed by atoms with Crippen molar-refractivity contribution in [1.29, 1.82) is 0 Å². The zero-order valence-corrected chi connectivity index (χ0v) is 17.1. The van der Waals surface area contributed by atoms with E-state index in [1.165, 1.54) is 17.8 Å². The van der Waals surface area contributed by atoms with E-state index in [9.17, 15) is 4.39 Å². The molecule has 0 radical (unpaired) electrons. The number of morpholine rings is 1. The predicted octanol–water partition coefficient (Wildman–Crippen LogP) is 4.25. The van der Waals surface area contributed by atoms with Crippen molar-refractivity contribution in [3.8, 4) is 5.75 Å². The normalized spacial score (nSPS) is 17.0. The molecule has 7 heteroatoms. The average molecular weight is 408 g/mol. The third-order valence-corrected chi connectivity index (χ3v) is 5.07. The summed E-state index contributed by atoms with van der Waals surface area (Å²) < 4.78 is 24.6. The molecule has 1 aliphatic heterocycles. The monoisotopic (exact) mass is 408 g/mol. The van der Waals surface area contributed by atoms with Gasteiger partial charge in [-0.25, -0.2) is 14.4 Å². The zero-order chi connectivity index (χ0) is 20.9. The van der Waals surface area contributed by atoms with Gasteiger partial charge in [-0.2, -0.15) is 0 Å². The van der Waals surface area contributed by atoms with Crippen LogP contribution < -0.4 is 10.1 Å². The maximum absolute atomic E-state index is 13.1. The number of anilines is 2. The van der Waals surface area contributed by atoms with Crippen LogP contribution in [-0.2, 0) is 11.3 Å². The molecule has 0 saturated carbocycles. The number of nitrogens with zero attached hydrogens (tertiary/aromatic N) is 3. The molecular formula is C23H25FN4O2. The number of nitrogens with one attached hydrogen (secondary N) is 1. The van der Waals surface area contributed by atoms with Gasteiger partial charge in [-0.05, 0) is 42.8 Å². The van der Waals surface area contributed by atoms with E-state index in [-0.39, 0.29) is 11.9 Å². The molecule has 3 aromatic rings. The topological polar surface area (TPSA) is 59.5 Å². The van der Waals surface area contributed by atoms with Crippen molar-refractivity contribution >= 4 is 11.6 Å². The molecule has 1 saturated heterocycles. The number of aryl methyl sites for hydroxylation is 1. The van der Waals surface area contributed by atoms with Crippen molar-refractivity contribution < 1.29 is 13.9 Å². The minimum absolute atomic E-state index is 0.127. The maximum Gasteiger partial charge on any atom is 0.141 e. The maximum atomic E-state index is 13.1. The summed E-state index contributed by atoms with van der Waals surface area (Å²) >= 11 is 0. The number of aromatic nitrogens is 2. The van der Waals surface area contributed by atoms with Gasteiger partial charge in [0.25, 0.3) is 0 Å². The average Bonchev–Trinajstić information content (AvgIpc) is 2.77. The lowest BCUT2D eigenvalue weighted by atomic mass is 10.1. The Bertz CT molecular complexity index is 997. The molecule has 1 atom stereocenters. The largest absolute Gasteiger partial charge is 0.496 e. The smallest absolute Gasteiger partial charge is 0.141 e. The van der Waals surface area contributed by atoms with Crippen LogP contribution in [0.2, 0.25) is 0 Å². The number of halogens is 1. The second kappa shape index (κ2) is 9.19. The Morgan fingerprint density at radius 3 is 2.90 bits per heavy atom. The highest BCUT2D eigenvalue weighted by atomic mass is 19.1. The van der Waals surface area contributed by atoms with E-state index in [2.05, 4.69) is 45.3 Å². The first-order valence-electron chi connectivity index (χ1n) is 9.94. The molecule has 0 bridgehead atoms. The Hall–Kier alpha value is -3.03. The standard InChI is InChI=1S/C23H25FN4O2/c1-16-6-7-17(20(12-16)29-2)14-28-10-11-30-21(15-28)19-4-3-5-23(26-19)27-22-9-8-18(24)13-25-22/h3-9,12-13,21H,10-11,14-15H2,1-2H3,(H,25,26,27). The van der Waals surface area contributed by atoms with Gasteiger partial charge < -0.3 is 14.8 Å². The van der Waals surface area contributed by atoms with E-state index in [0.29, 0.717) is 18.2 Å². The number of hydrogen-bond donors (Lipinski definition) is 1. The lowest BCUT2D eigenvalue weighted by Crippen LogP contribution is -2.38. The minimum atomic E-state index is -0.372. The highest BCUT2D eigenvalue weighted by Crippen LogP contribution is 2.26. The molecule has 30 heavy (non-hydrogen) atoms. The molecule has 0 spiro atoms. The summed E-state index contributed by atoms with van der Waals surface area (Å²) in [4.78, 5) is 11.1. The van der Waals surface area contributed by atoms with Gasteiger partial charge in [0.2, 0.25) is 0 Å². The van der Waals surface area contributed by atoms with Gasteiger partial charge in [0.15, 0.2) is 0 Å². The van der Waals surface area contributed by atoms with Crippen molar-refractivity contribution in [3.63, 3.8) is 0 Å². The van der Waals surface area contributed by atoms with Crippen LogP contribution in [0.4, 0.5) is 16.0 Å². The van der Waals surface area contributed by atoms with Crippen LogP contribution in [0.25, 0.3) is 0 Å². The molecule has 1 aromatic carbocycles. The van der Waals surface area contributed by atoms with Crippen molar-refractivity contribution in [2.75, 3.05) is 32.1 Å². The first-order chi connectivity index (χ1) is 14.6. The predicted molar refractivity (Wildman–Crippen MR) is 113 cm³/mol. The number of hydrogen-bond acceptors (Lipinski definition) is 6. The minimum Gasteiger partial charge on any atom is -0.496 e. The van der Waals surface area contributed by atoms with E-state index in [0.717, 1.165) is 36.6 Å². The highest BCUT2D eigenvalue weighted by molar-refractivity contribution is 5.51. The molecule has 0 aliphatic carbocycles. The number of benzene rings is 1. The van der Waals surface area contributed by atoms with Gasteiger partial charge in [0.05, 0.1) is 25.6 Å². The van der Waals surface area contributed by atoms with E-state index in [1.807, 2.05) is 18.2 Å². The second-order valence-corrected chi connectivity index (χ2v) is 7.34. The van der Waals surface area contributed by atoms with Gasteiger partial charge in [-0.15, -0.1) is 0 Å². The Labute approximate surface area is 175 Å². The van der Waals surface area contributed by atoms with E-state index >= 15 is 0 Å². The van der Waals surface area contributed by atoms with E-state index < -0.39 is 0 Å². The molecule has 1 N–H and O–H groups in total. The molecule has 1 aliphatic rings. The van der Waals surface area contributed by atoms with Gasteiger partial charge in [0.1, 0.15) is 29.3 Å². The fourth-order valence-corrected chi connectivity index (χ4v) is 3.53. The number of ether oxygens (including phenoxy) is 2. The number of pyridine rings is 2. The lowest BCUT2D eigenvalue weighted by molar-refractivity contribution is -0.0350. The fraction of sp³-hybridized carbons (Fsp3) is 0.304. The van der Waals surface area contributed by atoms with Gasteiger partial charge in [0, 0.05) is 25.2 Å². The highest BCUT2D eigenvalue weighted by Gasteiger charge is 2.24.